The lowest BCUT2D eigenvalue weighted by atomic mass is 9.94. The second-order valence-electron chi connectivity index (χ2n) is 7.21. The van der Waals surface area contributed by atoms with Gasteiger partial charge in [0.05, 0.1) is 44.6 Å². The summed E-state index contributed by atoms with van der Waals surface area (Å²) in [7, 11) is 4.39. The number of methoxy groups -OCH3 is 3. The lowest BCUT2D eigenvalue weighted by Crippen LogP contribution is -2.32. The molecule has 1 amide bonds. The summed E-state index contributed by atoms with van der Waals surface area (Å²) >= 11 is 0. The van der Waals surface area contributed by atoms with Gasteiger partial charge in [-0.3, -0.25) is 9.59 Å². The van der Waals surface area contributed by atoms with Crippen molar-refractivity contribution in [3.63, 3.8) is 0 Å². The fraction of sp³-hybridized carbons (Fsp3) is 0.333. The zero-order valence-corrected chi connectivity index (χ0v) is 19.0. The van der Waals surface area contributed by atoms with Crippen molar-refractivity contribution >= 4 is 17.4 Å². The van der Waals surface area contributed by atoms with Gasteiger partial charge in [-0.1, -0.05) is 6.07 Å². The largest absolute Gasteiger partial charge is 0.507 e. The Labute approximate surface area is 191 Å². The van der Waals surface area contributed by atoms with Crippen LogP contribution in [0.4, 0.5) is 0 Å². The molecule has 33 heavy (non-hydrogen) atoms. The third-order valence-corrected chi connectivity index (χ3v) is 5.34. The van der Waals surface area contributed by atoms with Gasteiger partial charge in [-0.25, -0.2) is 0 Å². The lowest BCUT2D eigenvalue weighted by molar-refractivity contribution is -0.140. The first-order valence-electron chi connectivity index (χ1n) is 10.3. The summed E-state index contributed by atoms with van der Waals surface area (Å²) in [6, 6.07) is 8.38. The van der Waals surface area contributed by atoms with Crippen LogP contribution in [-0.2, 0) is 14.3 Å². The summed E-state index contributed by atoms with van der Waals surface area (Å²) < 4.78 is 21.2. The molecule has 2 aromatic rings. The van der Waals surface area contributed by atoms with E-state index in [0.29, 0.717) is 23.7 Å². The van der Waals surface area contributed by atoms with Gasteiger partial charge in [0.2, 0.25) is 0 Å². The number of aliphatic hydroxyl groups is 1. The molecule has 9 nitrogen and oxygen atoms in total. The average molecular weight is 457 g/mol. The number of Topliss-reactive ketones (excluding diaryl/α,β-unsaturated/α-hetero) is 1. The van der Waals surface area contributed by atoms with Crippen molar-refractivity contribution in [3.05, 3.63) is 53.1 Å². The Kier molecular flexibility index (Phi) is 7.44. The molecule has 2 aromatic carbocycles. The van der Waals surface area contributed by atoms with Crippen LogP contribution in [0.5, 0.6) is 23.0 Å². The molecule has 176 valence electrons. The Morgan fingerprint density at radius 3 is 2.42 bits per heavy atom. The van der Waals surface area contributed by atoms with Gasteiger partial charge in [0.25, 0.3) is 11.7 Å². The van der Waals surface area contributed by atoms with E-state index < -0.39 is 23.5 Å². The number of hydrogen-bond acceptors (Lipinski definition) is 8. The average Bonchev–Trinajstić information content (AvgIpc) is 3.08. The quantitative estimate of drug-likeness (QED) is 0.336. The minimum atomic E-state index is -0.934. The Balaban J connectivity index is 2.25. The second-order valence-corrected chi connectivity index (χ2v) is 7.21. The van der Waals surface area contributed by atoms with Crippen LogP contribution in [0.2, 0.25) is 0 Å². The van der Waals surface area contributed by atoms with Gasteiger partial charge >= 0.3 is 0 Å². The van der Waals surface area contributed by atoms with Crippen LogP contribution in [0.1, 0.15) is 24.1 Å². The van der Waals surface area contributed by atoms with Crippen molar-refractivity contribution in [2.75, 3.05) is 41.1 Å². The second kappa shape index (κ2) is 10.3. The maximum absolute atomic E-state index is 13.1. The van der Waals surface area contributed by atoms with E-state index in [4.69, 9.17) is 18.9 Å². The number of benzene rings is 2. The number of phenolic OH excluding ortho intramolecular Hbond substituents is 1. The van der Waals surface area contributed by atoms with E-state index in [0.717, 1.165) is 0 Å². The number of nitrogens with zero attached hydrogens (tertiary/aromatic N) is 1. The summed E-state index contributed by atoms with van der Waals surface area (Å²) in [4.78, 5) is 27.4. The van der Waals surface area contributed by atoms with Gasteiger partial charge in [-0.2, -0.15) is 0 Å². The van der Waals surface area contributed by atoms with Crippen molar-refractivity contribution in [3.8, 4) is 23.0 Å². The SMILES string of the molecule is CCOc1cc(C2/C(=C(\O)c3cc(OC)ccc3OC)C(=O)C(=O)N2CCOC)ccc1O. The number of amides is 1. The first-order valence-corrected chi connectivity index (χ1v) is 10.3. The van der Waals surface area contributed by atoms with Crippen LogP contribution in [-0.4, -0.2) is 67.9 Å². The highest BCUT2D eigenvalue weighted by molar-refractivity contribution is 6.46. The molecule has 3 rings (SSSR count). The van der Waals surface area contributed by atoms with Crippen LogP contribution in [0.25, 0.3) is 5.76 Å². The number of aliphatic hydroxyl groups excluding tert-OH is 1. The molecule has 0 spiro atoms. The highest BCUT2D eigenvalue weighted by Crippen LogP contribution is 2.43. The number of phenols is 1. The molecule has 0 bridgehead atoms. The van der Waals surface area contributed by atoms with Crippen molar-refractivity contribution in [1.29, 1.82) is 0 Å². The van der Waals surface area contributed by atoms with E-state index in [1.54, 1.807) is 31.2 Å². The Morgan fingerprint density at radius 2 is 1.79 bits per heavy atom. The normalized spacial score (nSPS) is 17.3. The van der Waals surface area contributed by atoms with Gasteiger partial charge in [0.15, 0.2) is 11.5 Å². The van der Waals surface area contributed by atoms with Crippen LogP contribution >= 0.6 is 0 Å². The third-order valence-electron chi connectivity index (χ3n) is 5.34. The van der Waals surface area contributed by atoms with E-state index in [-0.39, 0.29) is 35.8 Å². The summed E-state index contributed by atoms with van der Waals surface area (Å²) in [6.45, 7) is 2.37. The molecule has 1 aliphatic heterocycles. The molecule has 0 radical (unpaired) electrons. The molecular weight excluding hydrogens is 430 g/mol. The highest BCUT2D eigenvalue weighted by Gasteiger charge is 2.46. The van der Waals surface area contributed by atoms with E-state index >= 15 is 0 Å². The van der Waals surface area contributed by atoms with E-state index in [2.05, 4.69) is 0 Å². The smallest absolute Gasteiger partial charge is 0.295 e. The summed E-state index contributed by atoms with van der Waals surface area (Å²) in [6.07, 6.45) is 0. The number of ketones is 1. The monoisotopic (exact) mass is 457 g/mol. The molecule has 2 N–H and O–H groups in total. The first kappa shape index (κ1) is 23.9. The van der Waals surface area contributed by atoms with Gasteiger partial charge < -0.3 is 34.1 Å². The van der Waals surface area contributed by atoms with E-state index in [1.165, 1.54) is 38.4 Å². The van der Waals surface area contributed by atoms with Crippen molar-refractivity contribution < 1.29 is 38.7 Å². The number of hydrogen-bond donors (Lipinski definition) is 2. The number of carbonyl (C=O) groups is 2. The van der Waals surface area contributed by atoms with Crippen molar-refractivity contribution in [2.45, 2.75) is 13.0 Å². The molecule has 9 heteroatoms. The van der Waals surface area contributed by atoms with E-state index in [9.17, 15) is 19.8 Å². The van der Waals surface area contributed by atoms with Crippen LogP contribution < -0.4 is 14.2 Å². The summed E-state index contributed by atoms with van der Waals surface area (Å²) in [5.74, 6) is -1.16. The van der Waals surface area contributed by atoms with Gasteiger partial charge in [-0.15, -0.1) is 0 Å². The standard InChI is InChI=1S/C24H27NO8/c1-5-33-19-12-14(6-8-17(19)26)21-20(23(28)24(29)25(21)10-11-30-2)22(27)16-13-15(31-3)7-9-18(16)32-4/h6-9,12-13,21,26-27H,5,10-11H2,1-4H3/b22-20+. The number of aromatic hydroxyl groups is 1. The minimum absolute atomic E-state index is 0.0797. The Morgan fingerprint density at radius 1 is 1.03 bits per heavy atom. The predicted octanol–water partition coefficient (Wildman–Crippen LogP) is 2.88. The van der Waals surface area contributed by atoms with E-state index in [1.807, 2.05) is 0 Å². The minimum Gasteiger partial charge on any atom is -0.507 e. The first-order chi connectivity index (χ1) is 15.9. The molecule has 0 aliphatic carbocycles. The molecule has 1 saturated heterocycles. The van der Waals surface area contributed by atoms with Gasteiger partial charge in [0.1, 0.15) is 17.3 Å². The van der Waals surface area contributed by atoms with Crippen molar-refractivity contribution in [1.82, 2.24) is 4.90 Å². The third kappa shape index (κ3) is 4.58. The maximum atomic E-state index is 13.1. The summed E-state index contributed by atoms with van der Waals surface area (Å²) in [5, 5.41) is 21.4. The number of carbonyl (C=O) groups excluding carboxylic acids is 2. The van der Waals surface area contributed by atoms with Gasteiger partial charge in [-0.05, 0) is 42.8 Å². The highest BCUT2D eigenvalue weighted by atomic mass is 16.5. The topological polar surface area (TPSA) is 115 Å². The fourth-order valence-corrected chi connectivity index (χ4v) is 3.76. The molecule has 0 saturated carbocycles. The van der Waals surface area contributed by atoms with Crippen molar-refractivity contribution in [2.24, 2.45) is 0 Å². The number of likely N-dealkylation sites (tertiary alicyclic amines) is 1. The Bertz CT molecular complexity index is 1080. The van der Waals surface area contributed by atoms with Crippen LogP contribution in [0, 0.1) is 0 Å². The fourth-order valence-electron chi connectivity index (χ4n) is 3.76. The molecule has 1 fully saturated rings. The molecule has 1 aliphatic rings. The predicted molar refractivity (Wildman–Crippen MR) is 120 cm³/mol. The lowest BCUT2D eigenvalue weighted by Gasteiger charge is -2.25. The number of ether oxygens (including phenoxy) is 4. The molecule has 1 atom stereocenters. The molecule has 1 unspecified atom stereocenters. The maximum Gasteiger partial charge on any atom is 0.295 e. The summed E-state index contributed by atoms with van der Waals surface area (Å²) in [5.41, 5.74) is 0.571. The molecule has 0 aromatic heterocycles. The zero-order valence-electron chi connectivity index (χ0n) is 19.0. The molecular formula is C24H27NO8. The Hall–Kier alpha value is -3.72. The number of rotatable bonds is 9. The molecule has 1 heterocycles. The van der Waals surface area contributed by atoms with Crippen LogP contribution in [0.15, 0.2) is 42.0 Å². The zero-order chi connectivity index (χ0) is 24.1. The van der Waals surface area contributed by atoms with Gasteiger partial charge in [0, 0.05) is 13.7 Å². The van der Waals surface area contributed by atoms with Crippen LogP contribution in [0.3, 0.4) is 0 Å².